The fourth-order valence-corrected chi connectivity index (χ4v) is 3.94. The topological polar surface area (TPSA) is 124 Å². The molecule has 4 rings (SSSR count). The van der Waals surface area contributed by atoms with Crippen molar-refractivity contribution in [3.63, 3.8) is 0 Å². The Morgan fingerprint density at radius 1 is 0.625 bits per heavy atom. The maximum absolute atomic E-state index is 11.8. The van der Waals surface area contributed by atoms with Gasteiger partial charge in [-0.3, -0.25) is 19.2 Å². The van der Waals surface area contributed by atoms with E-state index in [-0.39, 0.29) is 0 Å². The second-order valence-corrected chi connectivity index (χ2v) is 7.30. The van der Waals surface area contributed by atoms with Crippen LogP contribution in [-0.4, -0.2) is 36.5 Å². The van der Waals surface area contributed by atoms with Gasteiger partial charge in [0.05, 0.1) is 11.1 Å². The van der Waals surface area contributed by atoms with Gasteiger partial charge in [-0.05, 0) is 17.5 Å². The SMILES string of the molecule is CC(=O)O[C@H]1Oc2ccc3ccc4c(c3c2[C@@H]1OC(C)=O)[C@H](OC(C)=O)[C@@H](OC(C)=O)O4. The molecule has 0 unspecified atom stereocenters. The van der Waals surface area contributed by atoms with Crippen LogP contribution in [0.2, 0.25) is 0 Å². The molecule has 0 saturated carbocycles. The van der Waals surface area contributed by atoms with E-state index in [0.717, 1.165) is 0 Å². The second-order valence-electron chi connectivity index (χ2n) is 7.30. The first-order valence-electron chi connectivity index (χ1n) is 9.77. The highest BCUT2D eigenvalue weighted by molar-refractivity contribution is 5.94. The van der Waals surface area contributed by atoms with E-state index in [9.17, 15) is 19.2 Å². The Hall–Kier alpha value is -3.82. The fourth-order valence-electron chi connectivity index (χ4n) is 3.94. The van der Waals surface area contributed by atoms with Crippen molar-refractivity contribution < 1.29 is 47.6 Å². The molecule has 0 saturated heterocycles. The zero-order valence-corrected chi connectivity index (χ0v) is 17.7. The van der Waals surface area contributed by atoms with Crippen molar-refractivity contribution in [2.45, 2.75) is 52.5 Å². The molecule has 2 aliphatic heterocycles. The minimum absolute atomic E-state index is 0.320. The van der Waals surface area contributed by atoms with Crippen LogP contribution in [0.3, 0.4) is 0 Å². The summed E-state index contributed by atoms with van der Waals surface area (Å²) < 4.78 is 32.8. The first-order chi connectivity index (χ1) is 15.2. The molecule has 2 aromatic carbocycles. The first kappa shape index (κ1) is 21.4. The minimum atomic E-state index is -1.20. The lowest BCUT2D eigenvalue weighted by atomic mass is 9.93. The van der Waals surface area contributed by atoms with Crippen molar-refractivity contribution in [3.8, 4) is 11.5 Å². The van der Waals surface area contributed by atoms with Gasteiger partial charge in [0.1, 0.15) is 11.5 Å². The number of fused-ring (bicyclic) bond motifs is 5. The van der Waals surface area contributed by atoms with Crippen LogP contribution in [0.1, 0.15) is 51.0 Å². The number of benzene rings is 2. The average molecular weight is 444 g/mol. The minimum Gasteiger partial charge on any atom is -0.450 e. The largest absolute Gasteiger partial charge is 0.450 e. The average Bonchev–Trinajstić information content (AvgIpc) is 3.18. The molecule has 0 bridgehead atoms. The second kappa shape index (κ2) is 8.03. The highest BCUT2D eigenvalue weighted by atomic mass is 16.7. The van der Waals surface area contributed by atoms with Crippen LogP contribution in [-0.2, 0) is 38.1 Å². The highest BCUT2D eigenvalue weighted by Crippen LogP contribution is 2.51. The van der Waals surface area contributed by atoms with E-state index < -0.39 is 48.7 Å². The molecule has 10 nitrogen and oxygen atoms in total. The number of carbonyl (C=O) groups is 4. The molecule has 10 heteroatoms. The number of hydrogen-bond donors (Lipinski definition) is 0. The first-order valence-corrected chi connectivity index (χ1v) is 9.77. The van der Waals surface area contributed by atoms with Gasteiger partial charge in [-0.2, -0.15) is 0 Å². The van der Waals surface area contributed by atoms with E-state index in [0.29, 0.717) is 33.4 Å². The van der Waals surface area contributed by atoms with Crippen LogP contribution in [0.25, 0.3) is 10.8 Å². The Morgan fingerprint density at radius 2 is 1.00 bits per heavy atom. The van der Waals surface area contributed by atoms with Crippen molar-refractivity contribution in [1.29, 1.82) is 0 Å². The Balaban J connectivity index is 1.92. The quantitative estimate of drug-likeness (QED) is 0.513. The number of rotatable bonds is 4. The van der Waals surface area contributed by atoms with Crippen LogP contribution < -0.4 is 9.47 Å². The summed E-state index contributed by atoms with van der Waals surface area (Å²) in [7, 11) is 0. The summed E-state index contributed by atoms with van der Waals surface area (Å²) in [4.78, 5) is 46.8. The van der Waals surface area contributed by atoms with E-state index in [2.05, 4.69) is 0 Å². The molecule has 2 heterocycles. The number of carbonyl (C=O) groups excluding carboxylic acids is 4. The molecule has 0 radical (unpaired) electrons. The van der Waals surface area contributed by atoms with E-state index >= 15 is 0 Å². The highest BCUT2D eigenvalue weighted by Gasteiger charge is 2.46. The molecule has 0 fully saturated rings. The number of esters is 4. The van der Waals surface area contributed by atoms with E-state index in [1.165, 1.54) is 27.7 Å². The van der Waals surface area contributed by atoms with Crippen LogP contribution in [0.4, 0.5) is 0 Å². The summed E-state index contributed by atoms with van der Waals surface area (Å²) in [6, 6.07) is 6.81. The van der Waals surface area contributed by atoms with Gasteiger partial charge in [-0.25, -0.2) is 0 Å². The van der Waals surface area contributed by atoms with Crippen LogP contribution in [0.15, 0.2) is 24.3 Å². The lowest BCUT2D eigenvalue weighted by Crippen LogP contribution is -2.28. The Kier molecular flexibility index (Phi) is 5.37. The third kappa shape index (κ3) is 3.79. The van der Waals surface area contributed by atoms with Crippen molar-refractivity contribution in [3.05, 3.63) is 35.4 Å². The Morgan fingerprint density at radius 3 is 1.34 bits per heavy atom. The molecule has 2 aliphatic rings. The summed E-state index contributed by atoms with van der Waals surface area (Å²) in [6.45, 7) is 4.86. The zero-order chi connectivity index (χ0) is 23.2. The third-order valence-corrected chi connectivity index (χ3v) is 4.89. The van der Waals surface area contributed by atoms with Gasteiger partial charge < -0.3 is 28.4 Å². The van der Waals surface area contributed by atoms with Crippen molar-refractivity contribution >= 4 is 34.6 Å². The summed E-state index contributed by atoms with van der Waals surface area (Å²) in [5.41, 5.74) is 0.843. The Bertz CT molecular complexity index is 1050. The molecule has 0 amide bonds. The van der Waals surface area contributed by atoms with E-state index in [1.54, 1.807) is 24.3 Å². The van der Waals surface area contributed by atoms with Gasteiger partial charge in [0.25, 0.3) is 12.6 Å². The molecule has 2 aromatic rings. The lowest BCUT2D eigenvalue weighted by molar-refractivity contribution is -0.184. The van der Waals surface area contributed by atoms with Gasteiger partial charge in [-0.15, -0.1) is 0 Å². The van der Waals surface area contributed by atoms with Crippen LogP contribution >= 0.6 is 0 Å². The summed E-state index contributed by atoms with van der Waals surface area (Å²) in [5.74, 6) is -1.82. The summed E-state index contributed by atoms with van der Waals surface area (Å²) in [5, 5.41) is 1.21. The third-order valence-electron chi connectivity index (χ3n) is 4.89. The predicted octanol–water partition coefficient (Wildman–Crippen LogP) is 2.61. The Labute approximate surface area is 182 Å². The molecule has 0 spiro atoms. The smallest absolute Gasteiger partial charge is 0.305 e. The van der Waals surface area contributed by atoms with Gasteiger partial charge in [-0.1, -0.05) is 12.1 Å². The molecule has 168 valence electrons. The standard InChI is InChI=1S/C22H20O10/c1-9(23)27-19-17-14(31-21(19)29-11(3)25)7-5-13-6-8-15-18(16(13)17)20(28-10(2)24)22(32-15)30-12(4)26/h5-8,19-22H,1-4H3/t19-,20-,21-,22-/m0/s1. The fraction of sp³-hybridized carbons (Fsp3) is 0.364. The van der Waals surface area contributed by atoms with Gasteiger partial charge in [0.15, 0.2) is 0 Å². The zero-order valence-electron chi connectivity index (χ0n) is 17.7. The molecular weight excluding hydrogens is 424 g/mol. The van der Waals surface area contributed by atoms with Gasteiger partial charge >= 0.3 is 23.9 Å². The normalized spacial score (nSPS) is 22.8. The van der Waals surface area contributed by atoms with Crippen molar-refractivity contribution in [1.82, 2.24) is 0 Å². The molecular formula is C22H20O10. The monoisotopic (exact) mass is 444 g/mol. The maximum Gasteiger partial charge on any atom is 0.305 e. The van der Waals surface area contributed by atoms with Crippen molar-refractivity contribution in [2.75, 3.05) is 0 Å². The van der Waals surface area contributed by atoms with Crippen molar-refractivity contribution in [2.24, 2.45) is 0 Å². The van der Waals surface area contributed by atoms with E-state index in [4.69, 9.17) is 28.4 Å². The summed E-state index contributed by atoms with van der Waals surface area (Å²) in [6.07, 6.45) is -4.56. The molecule has 0 N–H and O–H groups in total. The number of ether oxygens (including phenoxy) is 6. The molecule has 0 aliphatic carbocycles. The summed E-state index contributed by atoms with van der Waals surface area (Å²) >= 11 is 0. The maximum atomic E-state index is 11.8. The molecule has 4 atom stereocenters. The molecule has 0 aromatic heterocycles. The van der Waals surface area contributed by atoms with Gasteiger partial charge in [0.2, 0.25) is 12.2 Å². The van der Waals surface area contributed by atoms with E-state index in [1.807, 2.05) is 0 Å². The van der Waals surface area contributed by atoms with Crippen LogP contribution in [0, 0.1) is 0 Å². The van der Waals surface area contributed by atoms with Crippen LogP contribution in [0.5, 0.6) is 11.5 Å². The van der Waals surface area contributed by atoms with Gasteiger partial charge in [0, 0.05) is 33.1 Å². The lowest BCUT2D eigenvalue weighted by Gasteiger charge is -2.20. The molecule has 32 heavy (non-hydrogen) atoms. The number of hydrogen-bond acceptors (Lipinski definition) is 10. The predicted molar refractivity (Wildman–Crippen MR) is 105 cm³/mol.